The molecule has 3 heterocycles. The summed E-state index contributed by atoms with van der Waals surface area (Å²) >= 11 is 0. The first-order chi connectivity index (χ1) is 17.5. The number of nitrogens with two attached hydrogens (primary N) is 2. The van der Waals surface area contributed by atoms with Crippen LogP contribution in [0.25, 0.3) is 0 Å². The predicted molar refractivity (Wildman–Crippen MR) is 151 cm³/mol. The number of nitrogens with zero attached hydrogens (tertiary/aromatic N) is 3. The molecule has 1 spiro atoms. The second kappa shape index (κ2) is 8.85. The minimum absolute atomic E-state index is 0.00147. The minimum Gasteiger partial charge on any atom is -0.399 e. The number of carbonyl (C=O) groups excluding carboxylic acids is 1. The highest BCUT2D eigenvalue weighted by atomic mass is 16.2. The second-order valence-electron chi connectivity index (χ2n) is 11.4. The molecule has 194 valence electrons. The number of nitrogens with one attached hydrogen (secondary N) is 1. The van der Waals surface area contributed by atoms with Crippen molar-refractivity contribution >= 4 is 17.4 Å². The molecular formula is C30H38N6O. The van der Waals surface area contributed by atoms with Gasteiger partial charge in [0, 0.05) is 60.2 Å². The van der Waals surface area contributed by atoms with Crippen molar-refractivity contribution in [3.05, 3.63) is 89.8 Å². The molecular weight excluding hydrogens is 460 g/mol. The number of hydrogen-bond acceptors (Lipinski definition) is 5. The lowest BCUT2D eigenvalue weighted by atomic mass is 9.97. The summed E-state index contributed by atoms with van der Waals surface area (Å²) in [6, 6.07) is 6.17. The van der Waals surface area contributed by atoms with Crippen LogP contribution in [0.2, 0.25) is 0 Å². The molecule has 1 saturated carbocycles. The van der Waals surface area contributed by atoms with Gasteiger partial charge in [0.15, 0.2) is 0 Å². The molecule has 2 bridgehead atoms. The van der Waals surface area contributed by atoms with Gasteiger partial charge in [0.25, 0.3) is 5.91 Å². The van der Waals surface area contributed by atoms with Gasteiger partial charge in [-0.25, -0.2) is 4.99 Å². The van der Waals surface area contributed by atoms with E-state index in [2.05, 4.69) is 36.4 Å². The van der Waals surface area contributed by atoms with Gasteiger partial charge in [-0.05, 0) is 74.6 Å². The van der Waals surface area contributed by atoms with E-state index in [1.165, 1.54) is 5.56 Å². The molecule has 3 aliphatic heterocycles. The number of hydrogen-bond donors (Lipinski definition) is 3. The van der Waals surface area contributed by atoms with Crippen molar-refractivity contribution in [3.63, 3.8) is 0 Å². The van der Waals surface area contributed by atoms with Gasteiger partial charge in [-0.3, -0.25) is 4.79 Å². The number of amides is 1. The van der Waals surface area contributed by atoms with Crippen LogP contribution >= 0.6 is 0 Å². The topological polar surface area (TPSA) is 100.0 Å². The first kappa shape index (κ1) is 25.2. The van der Waals surface area contributed by atoms with Gasteiger partial charge in [0.05, 0.1) is 0 Å². The molecule has 1 aliphatic carbocycles. The Kier molecular flexibility index (Phi) is 6.04. The predicted octanol–water partition coefficient (Wildman–Crippen LogP) is 3.86. The quantitative estimate of drug-likeness (QED) is 0.314. The van der Waals surface area contributed by atoms with Crippen LogP contribution in [-0.4, -0.2) is 47.5 Å². The van der Waals surface area contributed by atoms with Crippen LogP contribution in [-0.2, 0) is 5.41 Å². The van der Waals surface area contributed by atoms with Crippen LogP contribution in [0.5, 0.6) is 0 Å². The lowest BCUT2D eigenvalue weighted by Crippen LogP contribution is -2.61. The highest BCUT2D eigenvalue weighted by Crippen LogP contribution is 2.56. The lowest BCUT2D eigenvalue weighted by molar-refractivity contribution is 0.0562. The first-order valence-electron chi connectivity index (χ1n) is 12.9. The average Bonchev–Trinajstić information content (AvgIpc) is 3.37. The molecule has 5 N–H and O–H groups in total. The van der Waals surface area contributed by atoms with Crippen molar-refractivity contribution in [1.29, 1.82) is 0 Å². The van der Waals surface area contributed by atoms with E-state index in [9.17, 15) is 4.79 Å². The largest absolute Gasteiger partial charge is 0.399 e. The maximum Gasteiger partial charge on any atom is 0.255 e. The van der Waals surface area contributed by atoms with Crippen molar-refractivity contribution in [2.75, 3.05) is 24.5 Å². The third kappa shape index (κ3) is 4.36. The number of fused-ring (bicyclic) bond motifs is 4. The summed E-state index contributed by atoms with van der Waals surface area (Å²) in [5.41, 5.74) is 17.6. The first-order valence-corrected chi connectivity index (χ1v) is 12.9. The van der Waals surface area contributed by atoms with Crippen LogP contribution in [0.3, 0.4) is 0 Å². The smallest absolute Gasteiger partial charge is 0.255 e. The maximum absolute atomic E-state index is 13.6. The fourth-order valence-corrected chi connectivity index (χ4v) is 6.15. The van der Waals surface area contributed by atoms with Crippen LogP contribution in [0.1, 0.15) is 56.0 Å². The Morgan fingerprint density at radius 1 is 1.22 bits per heavy atom. The molecule has 1 aromatic carbocycles. The fourth-order valence-electron chi connectivity index (χ4n) is 6.15. The van der Waals surface area contributed by atoms with Gasteiger partial charge in [0.1, 0.15) is 11.5 Å². The molecule has 0 radical (unpaired) electrons. The number of amidine groups is 1. The molecule has 0 aromatic heterocycles. The Bertz CT molecular complexity index is 1300. The number of rotatable bonds is 6. The molecule has 3 fully saturated rings. The van der Waals surface area contributed by atoms with E-state index >= 15 is 0 Å². The molecule has 4 aliphatic rings. The second-order valence-corrected chi connectivity index (χ2v) is 11.4. The Morgan fingerprint density at radius 2 is 1.97 bits per heavy atom. The van der Waals surface area contributed by atoms with E-state index in [0.29, 0.717) is 24.4 Å². The monoisotopic (exact) mass is 498 g/mol. The SMILES string of the molecule is C=C\C=C(N)/C=C(C)/C(C=C)=C/N=C(C)N1CC2(CC2)c2ccc(C(=O)N3CC4(C)CC3(N)CN4)cc21. The zero-order valence-corrected chi connectivity index (χ0v) is 22.2. The lowest BCUT2D eigenvalue weighted by Gasteiger charge is -2.37. The van der Waals surface area contributed by atoms with Gasteiger partial charge >= 0.3 is 0 Å². The number of allylic oxidation sites excluding steroid dienone is 6. The molecule has 2 atom stereocenters. The number of piperazine rings is 1. The summed E-state index contributed by atoms with van der Waals surface area (Å²) in [5, 5.41) is 3.47. The Balaban J connectivity index is 1.44. The summed E-state index contributed by atoms with van der Waals surface area (Å²) in [6.45, 7) is 15.9. The van der Waals surface area contributed by atoms with Crippen molar-refractivity contribution < 1.29 is 4.79 Å². The molecule has 1 aromatic rings. The number of carbonyl (C=O) groups is 1. The van der Waals surface area contributed by atoms with E-state index in [0.717, 1.165) is 48.5 Å². The summed E-state index contributed by atoms with van der Waals surface area (Å²) in [7, 11) is 0. The number of benzene rings is 1. The van der Waals surface area contributed by atoms with Crippen LogP contribution in [0.15, 0.2) is 83.7 Å². The third-order valence-electron chi connectivity index (χ3n) is 8.38. The van der Waals surface area contributed by atoms with Crippen molar-refractivity contribution in [2.24, 2.45) is 16.5 Å². The van der Waals surface area contributed by atoms with Crippen LogP contribution in [0, 0.1) is 0 Å². The number of likely N-dealkylation sites (tertiary alicyclic amines) is 1. The molecule has 7 nitrogen and oxygen atoms in total. The zero-order chi connectivity index (χ0) is 26.6. The van der Waals surface area contributed by atoms with Gasteiger partial charge < -0.3 is 26.6 Å². The zero-order valence-electron chi connectivity index (χ0n) is 22.2. The summed E-state index contributed by atoms with van der Waals surface area (Å²) in [6.07, 6.45) is 12.0. The highest BCUT2D eigenvalue weighted by Gasteiger charge is 2.57. The van der Waals surface area contributed by atoms with E-state index in [1.54, 1.807) is 18.2 Å². The fraction of sp³-hybridized carbons (Fsp3) is 0.400. The van der Waals surface area contributed by atoms with Gasteiger partial charge in [-0.15, -0.1) is 0 Å². The molecule has 2 unspecified atom stereocenters. The Morgan fingerprint density at radius 3 is 2.57 bits per heavy atom. The van der Waals surface area contributed by atoms with Gasteiger partial charge in [0.2, 0.25) is 0 Å². The van der Waals surface area contributed by atoms with Gasteiger partial charge in [-0.2, -0.15) is 0 Å². The van der Waals surface area contributed by atoms with Crippen molar-refractivity contribution in [1.82, 2.24) is 10.2 Å². The Labute approximate surface area is 220 Å². The summed E-state index contributed by atoms with van der Waals surface area (Å²) < 4.78 is 0. The van der Waals surface area contributed by atoms with Crippen molar-refractivity contribution in [3.8, 4) is 0 Å². The summed E-state index contributed by atoms with van der Waals surface area (Å²) in [4.78, 5) is 22.5. The van der Waals surface area contributed by atoms with Crippen LogP contribution in [0.4, 0.5) is 5.69 Å². The van der Waals surface area contributed by atoms with E-state index in [1.807, 2.05) is 43.2 Å². The molecule has 1 amide bonds. The Hall–Kier alpha value is -3.42. The van der Waals surface area contributed by atoms with Gasteiger partial charge in [-0.1, -0.05) is 31.4 Å². The third-order valence-corrected chi connectivity index (χ3v) is 8.38. The maximum atomic E-state index is 13.6. The number of aliphatic imine (C=N–C) groups is 1. The molecule has 5 rings (SSSR count). The summed E-state index contributed by atoms with van der Waals surface area (Å²) in [5.74, 6) is 0.880. The van der Waals surface area contributed by atoms with E-state index in [4.69, 9.17) is 16.5 Å². The normalized spacial score (nSPS) is 28.6. The molecule has 7 heteroatoms. The van der Waals surface area contributed by atoms with E-state index < -0.39 is 5.66 Å². The minimum atomic E-state index is -0.624. The average molecular weight is 499 g/mol. The molecule has 2 saturated heterocycles. The van der Waals surface area contributed by atoms with E-state index in [-0.39, 0.29) is 16.9 Å². The molecule has 37 heavy (non-hydrogen) atoms. The standard InChI is InChI=1S/C30H38N6O/c1-6-8-24(31)13-20(3)22(7-2)15-33-21(4)35-19-29(11-12-29)25-10-9-23(14-26(25)35)27(37)36-18-28(5)16-30(36,32)17-34-28/h6-10,13-15,34H,1-2,11-12,16-19,31-32H2,3-5H3/b20-13+,22-15+,24-8+,33-21?. The number of anilines is 1. The highest BCUT2D eigenvalue weighted by molar-refractivity contribution is 6.02. The van der Waals surface area contributed by atoms with Crippen LogP contribution < -0.4 is 21.7 Å². The van der Waals surface area contributed by atoms with Crippen molar-refractivity contribution in [2.45, 2.75) is 56.7 Å².